The average molecular weight is 375 g/mol. The van der Waals surface area contributed by atoms with E-state index in [9.17, 15) is 23.5 Å². The Hall–Kier alpha value is -1.89. The lowest BCUT2D eigenvalue weighted by atomic mass is 9.65. The van der Waals surface area contributed by atoms with Crippen LogP contribution >= 0.6 is 11.6 Å². The van der Waals surface area contributed by atoms with E-state index in [-0.39, 0.29) is 11.7 Å². The van der Waals surface area contributed by atoms with Gasteiger partial charge in [0, 0.05) is 34.6 Å². The molecule has 1 aromatic rings. The molecule has 1 saturated carbocycles. The monoisotopic (exact) mass is 374 g/mol. The minimum atomic E-state index is -3.81. The van der Waals surface area contributed by atoms with E-state index in [0.29, 0.717) is 18.5 Å². The summed E-state index contributed by atoms with van der Waals surface area (Å²) < 4.78 is 29.3. The van der Waals surface area contributed by atoms with E-state index >= 15 is 0 Å². The summed E-state index contributed by atoms with van der Waals surface area (Å²) in [7, 11) is 0. The lowest BCUT2D eigenvalue weighted by Crippen LogP contribution is -2.49. The number of aliphatic carboxylic acids is 1. The third kappa shape index (κ3) is 3.86. The van der Waals surface area contributed by atoms with Gasteiger partial charge in [-0.25, -0.2) is 0 Å². The fourth-order valence-corrected chi connectivity index (χ4v) is 3.38. The number of carboxylic acid groups (broad SMARTS) is 1. The van der Waals surface area contributed by atoms with Gasteiger partial charge in [0.2, 0.25) is 5.91 Å². The van der Waals surface area contributed by atoms with Crippen molar-refractivity contribution in [3.8, 4) is 5.75 Å². The number of anilines is 1. The molecule has 138 valence electrons. The quantitative estimate of drug-likeness (QED) is 0.804. The zero-order valence-corrected chi connectivity index (χ0v) is 14.8. The largest absolute Gasteiger partial charge is 0.550 e. The van der Waals surface area contributed by atoms with E-state index in [2.05, 4.69) is 21.7 Å². The Morgan fingerprint density at radius 3 is 2.28 bits per heavy atom. The summed E-state index contributed by atoms with van der Waals surface area (Å²) in [5.74, 6) is -2.16. The molecule has 0 heterocycles. The van der Waals surface area contributed by atoms with E-state index < -0.39 is 28.3 Å². The zero-order chi connectivity index (χ0) is 19.0. The van der Waals surface area contributed by atoms with Crippen molar-refractivity contribution in [1.29, 1.82) is 0 Å². The highest BCUT2D eigenvalue weighted by Gasteiger charge is 2.54. The second-order valence-electron chi connectivity index (χ2n) is 6.99. The molecule has 1 N–H and O–H groups in total. The summed E-state index contributed by atoms with van der Waals surface area (Å²) in [6.45, 7) is 5.06. The number of hydrogen-bond acceptors (Lipinski definition) is 4. The van der Waals surface area contributed by atoms with Crippen LogP contribution in [0.2, 0.25) is 0 Å². The number of carbonyl (C=O) groups excluding carboxylic acids is 2. The van der Waals surface area contributed by atoms with Gasteiger partial charge in [0.1, 0.15) is 5.75 Å². The Kier molecular flexibility index (Phi) is 5.01. The number of hydrogen-bond donors (Lipinski definition) is 1. The smallest absolute Gasteiger partial charge is 0.487 e. The summed E-state index contributed by atoms with van der Waals surface area (Å²) in [5.41, 5.74) is -5.32. The topological polar surface area (TPSA) is 78.5 Å². The Morgan fingerprint density at radius 2 is 1.84 bits per heavy atom. The van der Waals surface area contributed by atoms with Gasteiger partial charge in [0.15, 0.2) is 0 Å². The van der Waals surface area contributed by atoms with Crippen molar-refractivity contribution in [2.75, 3.05) is 5.32 Å². The van der Waals surface area contributed by atoms with Crippen LogP contribution in [-0.4, -0.2) is 17.4 Å². The normalized spacial score (nSPS) is 25.4. The molecular weight excluding hydrogens is 356 g/mol. The van der Waals surface area contributed by atoms with E-state index in [1.54, 1.807) is 20.8 Å². The molecule has 1 fully saturated rings. The molecule has 2 atom stereocenters. The Bertz CT molecular complexity index is 672. The van der Waals surface area contributed by atoms with Gasteiger partial charge in [-0.2, -0.15) is 0 Å². The van der Waals surface area contributed by atoms with Gasteiger partial charge in [-0.3, -0.25) is 4.79 Å². The molecule has 1 aliphatic carbocycles. The number of carbonyl (C=O) groups is 2. The van der Waals surface area contributed by atoms with E-state index in [1.807, 2.05) is 0 Å². The first-order valence-electron chi connectivity index (χ1n) is 7.75. The van der Waals surface area contributed by atoms with Gasteiger partial charge in [-0.05, 0) is 42.5 Å². The molecule has 1 aromatic carbocycles. The summed E-state index contributed by atoms with van der Waals surface area (Å²) in [6, 6.07) is 5.29. The van der Waals surface area contributed by atoms with E-state index in [0.717, 1.165) is 0 Å². The maximum atomic E-state index is 12.6. The second-order valence-corrected chi connectivity index (χ2v) is 7.43. The average Bonchev–Trinajstić information content (AvgIpc) is 2.71. The molecular formula is C17H19ClF2NO4-. The fraction of sp³-hybridized carbons (Fsp3) is 0.529. The van der Waals surface area contributed by atoms with Gasteiger partial charge in [-0.1, -0.05) is 20.8 Å². The van der Waals surface area contributed by atoms with Crippen LogP contribution in [0.4, 0.5) is 14.5 Å². The van der Waals surface area contributed by atoms with E-state index in [4.69, 9.17) is 0 Å². The van der Waals surface area contributed by atoms with Crippen molar-refractivity contribution in [2.45, 2.75) is 39.2 Å². The Morgan fingerprint density at radius 1 is 1.28 bits per heavy atom. The number of amides is 1. The molecule has 0 aromatic heterocycles. The maximum Gasteiger partial charge on any atom is 0.487 e. The summed E-state index contributed by atoms with van der Waals surface area (Å²) in [6.07, 6.45) is 0.765. The van der Waals surface area contributed by atoms with Crippen LogP contribution in [-0.2, 0) is 9.59 Å². The Balaban J connectivity index is 2.09. The highest BCUT2D eigenvalue weighted by Crippen LogP contribution is 2.55. The lowest BCUT2D eigenvalue weighted by Gasteiger charge is -2.41. The molecule has 5 nitrogen and oxygen atoms in total. The number of alkyl halides is 3. The maximum absolute atomic E-state index is 12.6. The predicted octanol–water partition coefficient (Wildman–Crippen LogP) is 2.99. The van der Waals surface area contributed by atoms with Crippen molar-refractivity contribution in [1.82, 2.24) is 0 Å². The van der Waals surface area contributed by atoms with Crippen molar-refractivity contribution >= 4 is 29.2 Å². The molecule has 0 spiro atoms. The molecule has 0 unspecified atom stereocenters. The van der Waals surface area contributed by atoms with Crippen molar-refractivity contribution in [3.05, 3.63) is 24.3 Å². The van der Waals surface area contributed by atoms with Crippen LogP contribution < -0.4 is 15.2 Å². The number of nitrogens with one attached hydrogen (secondary N) is 1. The molecule has 0 saturated heterocycles. The molecule has 25 heavy (non-hydrogen) atoms. The first-order chi connectivity index (χ1) is 11.4. The first-order valence-corrected chi connectivity index (χ1v) is 8.13. The molecule has 1 aliphatic rings. The zero-order valence-electron chi connectivity index (χ0n) is 14.1. The highest BCUT2D eigenvalue weighted by atomic mass is 35.5. The third-order valence-corrected chi connectivity index (χ3v) is 5.43. The molecule has 0 bridgehead atoms. The van der Waals surface area contributed by atoms with Crippen LogP contribution in [0, 0.1) is 16.7 Å². The first kappa shape index (κ1) is 19.4. The number of ether oxygens (including phenoxy) is 1. The fourth-order valence-electron chi connectivity index (χ4n) is 3.29. The molecule has 0 aliphatic heterocycles. The number of carboxylic acids is 1. The highest BCUT2D eigenvalue weighted by molar-refractivity contribution is 6.20. The van der Waals surface area contributed by atoms with Crippen LogP contribution in [0.25, 0.3) is 0 Å². The number of halogens is 3. The predicted molar refractivity (Wildman–Crippen MR) is 86.1 cm³/mol. The van der Waals surface area contributed by atoms with Crippen LogP contribution in [0.3, 0.4) is 0 Å². The van der Waals surface area contributed by atoms with Gasteiger partial charge in [0.05, 0.1) is 0 Å². The molecule has 2 rings (SSSR count). The molecule has 1 amide bonds. The minimum Gasteiger partial charge on any atom is -0.550 e. The standard InChI is InChI=1S/C17H20ClF2NO4/c1-15(2)12(8-9-16(15,3)14(23)24)13(22)21-10-4-6-11(7-5-10)25-17(18,19)20/h4-7,12H,8-9H2,1-3H3,(H,21,22)(H,23,24)/p-1/t12-,16-/m0/s1. The Labute approximate surface area is 149 Å². The van der Waals surface area contributed by atoms with Gasteiger partial charge in [0.25, 0.3) is 0 Å². The lowest BCUT2D eigenvalue weighted by molar-refractivity contribution is -0.323. The summed E-state index contributed by atoms with van der Waals surface area (Å²) in [4.78, 5) is 24.0. The van der Waals surface area contributed by atoms with Crippen LogP contribution in [0.1, 0.15) is 33.6 Å². The van der Waals surface area contributed by atoms with Crippen LogP contribution in [0.5, 0.6) is 5.75 Å². The van der Waals surface area contributed by atoms with E-state index in [1.165, 1.54) is 24.3 Å². The van der Waals surface area contributed by atoms with Crippen LogP contribution in [0.15, 0.2) is 24.3 Å². The SMILES string of the molecule is CC1(C)[C@H](C(=O)Nc2ccc(OC(F)(F)Cl)cc2)CC[C@@]1(C)C(=O)[O-]. The molecule has 8 heteroatoms. The number of rotatable bonds is 5. The van der Waals surface area contributed by atoms with Crippen molar-refractivity contribution in [2.24, 2.45) is 16.7 Å². The van der Waals surface area contributed by atoms with Gasteiger partial charge in [-0.15, -0.1) is 8.78 Å². The van der Waals surface area contributed by atoms with Crippen molar-refractivity contribution < 1.29 is 28.2 Å². The van der Waals surface area contributed by atoms with Gasteiger partial charge >= 0.3 is 5.57 Å². The molecule has 0 radical (unpaired) electrons. The summed E-state index contributed by atoms with van der Waals surface area (Å²) >= 11 is 4.68. The second kappa shape index (κ2) is 6.44. The number of benzene rings is 1. The minimum absolute atomic E-state index is 0.149. The third-order valence-electron chi connectivity index (χ3n) is 5.35. The van der Waals surface area contributed by atoms with Gasteiger partial charge < -0.3 is 20.0 Å². The van der Waals surface area contributed by atoms with Crippen molar-refractivity contribution in [3.63, 3.8) is 0 Å². The summed E-state index contributed by atoms with van der Waals surface area (Å²) in [5, 5.41) is 14.2.